The van der Waals surface area contributed by atoms with Crippen molar-refractivity contribution in [3.05, 3.63) is 60.7 Å². The molecule has 0 aliphatic carbocycles. The van der Waals surface area contributed by atoms with E-state index in [4.69, 9.17) is 4.80 Å². The molecule has 2 rings (SSSR count). The van der Waals surface area contributed by atoms with Crippen molar-refractivity contribution >= 4 is 8.32 Å². The van der Waals surface area contributed by atoms with Crippen molar-refractivity contribution in [1.29, 1.82) is 0 Å². The van der Waals surface area contributed by atoms with Gasteiger partial charge < -0.3 is 17.2 Å². The van der Waals surface area contributed by atoms with Crippen LogP contribution in [0.2, 0.25) is 19.6 Å². The molecular formula is C13H20ClOSiZr. The summed E-state index contributed by atoms with van der Waals surface area (Å²) >= 11 is 0. The van der Waals surface area contributed by atoms with Gasteiger partial charge in [-0.3, -0.25) is 0 Å². The van der Waals surface area contributed by atoms with E-state index in [0.29, 0.717) is 0 Å². The van der Waals surface area contributed by atoms with Crippen molar-refractivity contribution in [3.63, 3.8) is 0 Å². The molecule has 0 heterocycles. The number of rotatable bonds is 0. The summed E-state index contributed by atoms with van der Waals surface area (Å²) in [5.41, 5.74) is 0. The first-order valence-corrected chi connectivity index (χ1v) is 8.50. The minimum Gasteiger partial charge on any atom is -1.00 e. The summed E-state index contributed by atoms with van der Waals surface area (Å²) in [5, 5.41) is 0. The topological polar surface area (TPSA) is 20.2 Å². The van der Waals surface area contributed by atoms with E-state index in [9.17, 15) is 0 Å². The fourth-order valence-corrected chi connectivity index (χ4v) is 0.642. The van der Waals surface area contributed by atoms with Crippen LogP contribution in [0.1, 0.15) is 0 Å². The van der Waals surface area contributed by atoms with E-state index >= 15 is 0 Å². The molecule has 0 spiro atoms. The Morgan fingerprint density at radius 3 is 1.00 bits per heavy atom. The molecule has 2 aromatic rings. The third-order valence-electron chi connectivity index (χ3n) is 1.11. The number of hydrogen-bond acceptors (Lipinski definition) is 1. The van der Waals surface area contributed by atoms with Crippen LogP contribution in [0.3, 0.4) is 0 Å². The van der Waals surface area contributed by atoms with Gasteiger partial charge in [0, 0.05) is 0 Å². The van der Waals surface area contributed by atoms with Crippen LogP contribution in [0.4, 0.5) is 0 Å². The maximum absolute atomic E-state index is 8.66. The molecule has 0 aliphatic rings. The summed E-state index contributed by atoms with van der Waals surface area (Å²) in [7, 11) is -1.61. The molecule has 0 saturated heterocycles. The molecule has 0 fully saturated rings. The molecule has 0 aliphatic heterocycles. The maximum Gasteiger partial charge on any atom is 3.00 e. The Balaban J connectivity index is -0.000000163. The summed E-state index contributed by atoms with van der Waals surface area (Å²) < 4.78 is 0. The van der Waals surface area contributed by atoms with Crippen LogP contribution < -0.4 is 12.4 Å². The zero-order chi connectivity index (χ0) is 11.6. The summed E-state index contributed by atoms with van der Waals surface area (Å²) in [6.45, 7) is 5.65. The minimum absolute atomic E-state index is 0. The van der Waals surface area contributed by atoms with Gasteiger partial charge in [-0.15, -0.1) is 0 Å². The van der Waals surface area contributed by atoms with Gasteiger partial charge in [0.05, 0.1) is 0 Å². The van der Waals surface area contributed by atoms with Gasteiger partial charge in [-0.05, 0) is 19.6 Å². The third-order valence-corrected chi connectivity index (χ3v) is 1.11. The first-order valence-electron chi connectivity index (χ1n) is 5.06. The van der Waals surface area contributed by atoms with E-state index in [1.165, 1.54) is 0 Å². The molecule has 0 saturated carbocycles. The smallest absolute Gasteiger partial charge is 1.00 e. The maximum atomic E-state index is 8.66. The Labute approximate surface area is 131 Å². The Morgan fingerprint density at radius 2 is 0.941 bits per heavy atom. The van der Waals surface area contributed by atoms with Crippen LogP contribution in [0, 0.1) is 0 Å². The minimum atomic E-state index is -1.61. The molecule has 93 valence electrons. The van der Waals surface area contributed by atoms with E-state index in [-0.39, 0.29) is 38.6 Å². The van der Waals surface area contributed by atoms with Gasteiger partial charge in [-0.2, -0.15) is 36.4 Å². The summed E-state index contributed by atoms with van der Waals surface area (Å²) in [5.74, 6) is 0. The third kappa shape index (κ3) is 31.4. The van der Waals surface area contributed by atoms with Crippen molar-refractivity contribution in [1.82, 2.24) is 0 Å². The summed E-state index contributed by atoms with van der Waals surface area (Å²) in [6, 6.07) is 20.0. The van der Waals surface area contributed by atoms with Crippen LogP contribution >= 0.6 is 0 Å². The van der Waals surface area contributed by atoms with E-state index in [0.717, 1.165) is 0 Å². The van der Waals surface area contributed by atoms with Gasteiger partial charge in [0.1, 0.15) is 0 Å². The van der Waals surface area contributed by atoms with Crippen LogP contribution in [0.5, 0.6) is 0 Å². The Bertz CT molecular complexity index is 221. The molecule has 0 unspecified atom stereocenters. The molecular weight excluding hydrogens is 327 g/mol. The predicted octanol–water partition coefficient (Wildman–Crippen LogP) is 0.626. The largest absolute Gasteiger partial charge is 3.00 e. The Kier molecular flexibility index (Phi) is 18.5. The molecule has 1 radical (unpaired) electrons. The second kappa shape index (κ2) is 14.1. The average molecular weight is 347 g/mol. The molecule has 2 aromatic carbocycles. The molecule has 0 aromatic heterocycles. The molecule has 17 heavy (non-hydrogen) atoms. The fraction of sp³-hybridized carbons (Fsp3) is 0.231. The average Bonchev–Trinajstić information content (AvgIpc) is 2.81. The van der Waals surface area contributed by atoms with Crippen molar-refractivity contribution in [3.8, 4) is 0 Å². The van der Waals surface area contributed by atoms with Gasteiger partial charge in [0.2, 0.25) is 0 Å². The summed E-state index contributed by atoms with van der Waals surface area (Å²) in [6.07, 6.45) is 0. The van der Waals surface area contributed by atoms with E-state index in [1.54, 1.807) is 0 Å². The zero-order valence-corrected chi connectivity index (χ0v) is 14.8. The molecule has 0 bridgehead atoms. The standard InChI is InChI=1S/2C5H5.C3H10OSi.ClH.Zr/c2*1-2-4-5-3-1;1-5(2,3)4;;/h2*1-5H;4H,1-3H3;1H;/q2*-1;;;+3/p-1. The first-order chi connectivity index (χ1) is 7.00. The van der Waals surface area contributed by atoms with Crippen LogP contribution in [0.25, 0.3) is 0 Å². The van der Waals surface area contributed by atoms with Gasteiger partial charge in [-0.25, -0.2) is 24.3 Å². The molecule has 1 N–H and O–H groups in total. The van der Waals surface area contributed by atoms with E-state index in [2.05, 4.69) is 0 Å². The van der Waals surface area contributed by atoms with E-state index in [1.807, 2.05) is 80.3 Å². The number of hydrogen-bond donors (Lipinski definition) is 1. The summed E-state index contributed by atoms with van der Waals surface area (Å²) in [4.78, 5) is 8.66. The van der Waals surface area contributed by atoms with Gasteiger partial charge in [0.15, 0.2) is 8.32 Å². The first kappa shape index (κ1) is 22.2. The van der Waals surface area contributed by atoms with Crippen LogP contribution in [0.15, 0.2) is 60.7 Å². The van der Waals surface area contributed by atoms with Crippen LogP contribution in [-0.2, 0) is 26.2 Å². The Morgan fingerprint density at radius 1 is 0.765 bits per heavy atom. The fourth-order valence-electron chi connectivity index (χ4n) is 0.642. The van der Waals surface area contributed by atoms with Crippen molar-refractivity contribution in [2.45, 2.75) is 19.6 Å². The van der Waals surface area contributed by atoms with Gasteiger partial charge >= 0.3 is 26.2 Å². The van der Waals surface area contributed by atoms with Crippen molar-refractivity contribution in [2.75, 3.05) is 0 Å². The van der Waals surface area contributed by atoms with Crippen molar-refractivity contribution in [2.24, 2.45) is 0 Å². The second-order valence-corrected chi connectivity index (χ2v) is 8.44. The number of halogens is 1. The molecule has 1 nitrogen and oxygen atoms in total. The zero-order valence-electron chi connectivity index (χ0n) is 10.6. The van der Waals surface area contributed by atoms with Crippen molar-refractivity contribution < 1.29 is 43.4 Å². The normalized spacial score (nSPS) is 8.24. The monoisotopic (exact) mass is 345 g/mol. The SMILES string of the molecule is C[Si](C)(C)O.[Cl-].[Zr+3].c1cc[cH-]c1.c1cc[cH-]c1. The quantitative estimate of drug-likeness (QED) is 0.548. The molecule has 4 heteroatoms. The van der Waals surface area contributed by atoms with E-state index < -0.39 is 8.32 Å². The molecule has 0 atom stereocenters. The predicted molar refractivity (Wildman–Crippen MR) is 69.6 cm³/mol. The Hall–Kier alpha value is 0.0500. The van der Waals surface area contributed by atoms with Gasteiger partial charge in [-0.1, -0.05) is 0 Å². The molecule has 0 amide bonds. The van der Waals surface area contributed by atoms with Crippen LogP contribution in [-0.4, -0.2) is 13.1 Å². The second-order valence-electron chi connectivity index (χ2n) is 4.10. The van der Waals surface area contributed by atoms with Gasteiger partial charge in [0.25, 0.3) is 0 Å².